The van der Waals surface area contributed by atoms with Gasteiger partial charge >= 0.3 is 0 Å². The third-order valence-electron chi connectivity index (χ3n) is 2.88. The number of aliphatic hydroxyl groups excluding tert-OH is 1. The molecule has 0 aromatic carbocycles. The number of piperidine rings is 1. The first-order valence-electron chi connectivity index (χ1n) is 5.29. The fourth-order valence-electron chi connectivity index (χ4n) is 1.70. The van der Waals surface area contributed by atoms with Crippen molar-refractivity contribution in [3.8, 4) is 0 Å². The summed E-state index contributed by atoms with van der Waals surface area (Å²) in [4.78, 5) is 11.8. The van der Waals surface area contributed by atoms with Crippen LogP contribution < -0.4 is 10.6 Å². The van der Waals surface area contributed by atoms with Crippen molar-refractivity contribution in [2.75, 3.05) is 26.2 Å². The average molecular weight is 200 g/mol. The SMILES string of the molecule is CC1(C(=O)NCCCO)CCNCC1. The van der Waals surface area contributed by atoms with Crippen molar-refractivity contribution >= 4 is 5.91 Å². The van der Waals surface area contributed by atoms with Crippen LogP contribution in [0, 0.1) is 5.41 Å². The van der Waals surface area contributed by atoms with Crippen LogP contribution in [0.4, 0.5) is 0 Å². The molecule has 1 heterocycles. The summed E-state index contributed by atoms with van der Waals surface area (Å²) >= 11 is 0. The Morgan fingerprint density at radius 1 is 1.50 bits per heavy atom. The van der Waals surface area contributed by atoms with Gasteiger partial charge in [0, 0.05) is 18.6 Å². The number of amides is 1. The van der Waals surface area contributed by atoms with E-state index in [0.29, 0.717) is 13.0 Å². The molecule has 1 aliphatic heterocycles. The van der Waals surface area contributed by atoms with Gasteiger partial charge in [-0.15, -0.1) is 0 Å². The third kappa shape index (κ3) is 2.96. The second-order valence-corrected chi connectivity index (χ2v) is 4.14. The van der Waals surface area contributed by atoms with E-state index in [4.69, 9.17) is 5.11 Å². The molecule has 1 fully saturated rings. The van der Waals surface area contributed by atoms with Gasteiger partial charge < -0.3 is 15.7 Å². The summed E-state index contributed by atoms with van der Waals surface area (Å²) in [5.74, 6) is 0.132. The van der Waals surface area contributed by atoms with Gasteiger partial charge in [0.25, 0.3) is 0 Å². The summed E-state index contributed by atoms with van der Waals surface area (Å²) < 4.78 is 0. The largest absolute Gasteiger partial charge is 0.396 e. The number of hydrogen-bond donors (Lipinski definition) is 3. The molecule has 1 rings (SSSR count). The topological polar surface area (TPSA) is 61.4 Å². The molecule has 14 heavy (non-hydrogen) atoms. The Morgan fingerprint density at radius 2 is 2.14 bits per heavy atom. The monoisotopic (exact) mass is 200 g/mol. The minimum atomic E-state index is -0.208. The Hall–Kier alpha value is -0.610. The molecule has 0 aromatic heterocycles. The smallest absolute Gasteiger partial charge is 0.226 e. The quantitative estimate of drug-likeness (QED) is 0.554. The molecule has 0 radical (unpaired) electrons. The minimum absolute atomic E-state index is 0.132. The Morgan fingerprint density at radius 3 is 2.71 bits per heavy atom. The summed E-state index contributed by atoms with van der Waals surface area (Å²) in [5.41, 5.74) is -0.208. The van der Waals surface area contributed by atoms with E-state index in [1.165, 1.54) is 0 Å². The summed E-state index contributed by atoms with van der Waals surface area (Å²) in [7, 11) is 0. The maximum absolute atomic E-state index is 11.8. The minimum Gasteiger partial charge on any atom is -0.396 e. The number of rotatable bonds is 4. The van der Waals surface area contributed by atoms with Gasteiger partial charge in [-0.05, 0) is 32.4 Å². The highest BCUT2D eigenvalue weighted by molar-refractivity contribution is 5.82. The molecule has 0 spiro atoms. The maximum atomic E-state index is 11.8. The van der Waals surface area contributed by atoms with Gasteiger partial charge in [0.1, 0.15) is 0 Å². The van der Waals surface area contributed by atoms with Crippen LogP contribution in [-0.4, -0.2) is 37.3 Å². The van der Waals surface area contributed by atoms with Crippen LogP contribution in [0.5, 0.6) is 0 Å². The van der Waals surface area contributed by atoms with E-state index in [1.807, 2.05) is 6.92 Å². The highest BCUT2D eigenvalue weighted by Gasteiger charge is 2.33. The molecule has 1 amide bonds. The summed E-state index contributed by atoms with van der Waals surface area (Å²) in [6.45, 7) is 4.58. The van der Waals surface area contributed by atoms with Crippen LogP contribution in [0.2, 0.25) is 0 Å². The first-order valence-corrected chi connectivity index (χ1v) is 5.29. The van der Waals surface area contributed by atoms with Gasteiger partial charge in [-0.25, -0.2) is 0 Å². The van der Waals surface area contributed by atoms with Gasteiger partial charge in [-0.2, -0.15) is 0 Å². The first kappa shape index (κ1) is 11.5. The highest BCUT2D eigenvalue weighted by Crippen LogP contribution is 2.27. The van der Waals surface area contributed by atoms with Crippen molar-refractivity contribution in [3.05, 3.63) is 0 Å². The van der Waals surface area contributed by atoms with Crippen LogP contribution >= 0.6 is 0 Å². The zero-order valence-corrected chi connectivity index (χ0v) is 8.81. The van der Waals surface area contributed by atoms with Crippen LogP contribution in [0.25, 0.3) is 0 Å². The molecule has 0 unspecified atom stereocenters. The molecule has 0 saturated carbocycles. The average Bonchev–Trinajstić information content (AvgIpc) is 2.19. The van der Waals surface area contributed by atoms with E-state index in [-0.39, 0.29) is 17.9 Å². The molecule has 1 saturated heterocycles. The van der Waals surface area contributed by atoms with Gasteiger partial charge in [-0.3, -0.25) is 4.79 Å². The Kier molecular flexibility index (Phi) is 4.35. The molecule has 82 valence electrons. The van der Waals surface area contributed by atoms with Gasteiger partial charge in [0.2, 0.25) is 5.91 Å². The molecular formula is C10H20N2O2. The van der Waals surface area contributed by atoms with Crippen LogP contribution in [-0.2, 0) is 4.79 Å². The Labute approximate surface area is 85.1 Å². The molecule has 0 aliphatic carbocycles. The van der Waals surface area contributed by atoms with Crippen molar-refractivity contribution in [1.29, 1.82) is 0 Å². The van der Waals surface area contributed by atoms with E-state index < -0.39 is 0 Å². The van der Waals surface area contributed by atoms with Crippen molar-refractivity contribution in [3.63, 3.8) is 0 Å². The normalized spacial score (nSPS) is 20.4. The first-order chi connectivity index (χ1) is 6.69. The lowest BCUT2D eigenvalue weighted by Crippen LogP contribution is -2.46. The van der Waals surface area contributed by atoms with Gasteiger partial charge in [0.15, 0.2) is 0 Å². The van der Waals surface area contributed by atoms with Crippen molar-refractivity contribution in [1.82, 2.24) is 10.6 Å². The molecule has 0 aromatic rings. The standard InChI is InChI=1S/C10H20N2O2/c1-10(3-6-11-7-4-10)9(14)12-5-2-8-13/h11,13H,2-8H2,1H3,(H,12,14). The molecule has 4 heteroatoms. The second kappa shape index (κ2) is 5.32. The zero-order chi connectivity index (χ0) is 10.4. The van der Waals surface area contributed by atoms with E-state index in [2.05, 4.69) is 10.6 Å². The summed E-state index contributed by atoms with van der Waals surface area (Å²) in [6, 6.07) is 0. The van der Waals surface area contributed by atoms with E-state index >= 15 is 0 Å². The van der Waals surface area contributed by atoms with Crippen LogP contribution in [0.1, 0.15) is 26.2 Å². The van der Waals surface area contributed by atoms with E-state index in [0.717, 1.165) is 25.9 Å². The highest BCUT2D eigenvalue weighted by atomic mass is 16.3. The number of nitrogens with one attached hydrogen (secondary N) is 2. The molecule has 0 bridgehead atoms. The molecule has 1 aliphatic rings. The number of aliphatic hydroxyl groups is 1. The van der Waals surface area contributed by atoms with Crippen molar-refractivity contribution in [2.24, 2.45) is 5.41 Å². The number of hydrogen-bond acceptors (Lipinski definition) is 3. The molecular weight excluding hydrogens is 180 g/mol. The summed E-state index contributed by atoms with van der Waals surface area (Å²) in [6.07, 6.45) is 2.44. The number of carbonyl (C=O) groups excluding carboxylic acids is 1. The number of carbonyl (C=O) groups is 1. The second-order valence-electron chi connectivity index (χ2n) is 4.14. The lowest BCUT2D eigenvalue weighted by Gasteiger charge is -2.32. The van der Waals surface area contributed by atoms with Gasteiger partial charge in [-0.1, -0.05) is 6.92 Å². The lowest BCUT2D eigenvalue weighted by molar-refractivity contribution is -0.131. The third-order valence-corrected chi connectivity index (χ3v) is 2.88. The summed E-state index contributed by atoms with van der Waals surface area (Å²) in [5, 5.41) is 14.7. The predicted molar refractivity (Wildman–Crippen MR) is 54.9 cm³/mol. The van der Waals surface area contributed by atoms with E-state index in [1.54, 1.807) is 0 Å². The predicted octanol–water partition coefficient (Wildman–Crippen LogP) is -0.125. The zero-order valence-electron chi connectivity index (χ0n) is 8.81. The molecule has 3 N–H and O–H groups in total. The fourth-order valence-corrected chi connectivity index (χ4v) is 1.70. The van der Waals surface area contributed by atoms with Gasteiger partial charge in [0.05, 0.1) is 0 Å². The Bertz CT molecular complexity index is 189. The van der Waals surface area contributed by atoms with Crippen LogP contribution in [0.15, 0.2) is 0 Å². The van der Waals surface area contributed by atoms with E-state index in [9.17, 15) is 4.79 Å². The molecule has 0 atom stereocenters. The molecule has 4 nitrogen and oxygen atoms in total. The van der Waals surface area contributed by atoms with Crippen LogP contribution in [0.3, 0.4) is 0 Å². The lowest BCUT2D eigenvalue weighted by atomic mass is 9.80. The Balaban J connectivity index is 2.33. The maximum Gasteiger partial charge on any atom is 0.226 e. The van der Waals surface area contributed by atoms with Crippen molar-refractivity contribution < 1.29 is 9.90 Å². The van der Waals surface area contributed by atoms with Crippen molar-refractivity contribution in [2.45, 2.75) is 26.2 Å². The fraction of sp³-hybridized carbons (Fsp3) is 0.900.